The van der Waals surface area contributed by atoms with Gasteiger partial charge in [-0.3, -0.25) is 0 Å². The first-order valence-corrected chi connectivity index (χ1v) is 11.8. The summed E-state index contributed by atoms with van der Waals surface area (Å²) in [6, 6.07) is 23.6. The molecule has 2 N–H and O–H groups in total. The Hall–Kier alpha value is -4.06. The third kappa shape index (κ3) is 5.72. The second-order valence-corrected chi connectivity index (χ2v) is 9.04. The number of nitrogens with one attached hydrogen (secondary N) is 2. The van der Waals surface area contributed by atoms with E-state index >= 15 is 0 Å². The van der Waals surface area contributed by atoms with Gasteiger partial charge in [-0.25, -0.2) is 9.59 Å². The second kappa shape index (κ2) is 10.5. The first-order valence-electron chi connectivity index (χ1n) is 11.8. The molecule has 2 amide bonds. The van der Waals surface area contributed by atoms with Crippen LogP contribution in [0.25, 0.3) is 5.70 Å². The van der Waals surface area contributed by atoms with Crippen molar-refractivity contribution < 1.29 is 19.1 Å². The van der Waals surface area contributed by atoms with Crippen molar-refractivity contribution in [3.05, 3.63) is 101 Å². The highest BCUT2D eigenvalue weighted by atomic mass is 16.5. The average molecular weight is 471 g/mol. The molecule has 0 radical (unpaired) electrons. The van der Waals surface area contributed by atoms with Crippen LogP contribution in [0.1, 0.15) is 56.3 Å². The lowest BCUT2D eigenvalue weighted by Gasteiger charge is -2.30. The monoisotopic (exact) mass is 470 g/mol. The summed E-state index contributed by atoms with van der Waals surface area (Å²) < 4.78 is 11.5. The molecule has 1 aliphatic rings. The average Bonchev–Trinajstić information content (AvgIpc) is 2.84. The van der Waals surface area contributed by atoms with Gasteiger partial charge in [0.05, 0.1) is 23.4 Å². The zero-order valence-corrected chi connectivity index (χ0v) is 20.4. The summed E-state index contributed by atoms with van der Waals surface area (Å²) in [5.74, 6) is 1.37. The minimum atomic E-state index is -0.676. The second-order valence-electron chi connectivity index (χ2n) is 9.04. The molecular formula is C29H30N2O4. The molecule has 1 aliphatic heterocycles. The molecule has 0 spiro atoms. The van der Waals surface area contributed by atoms with Crippen LogP contribution in [0.15, 0.2) is 84.4 Å². The van der Waals surface area contributed by atoms with Crippen LogP contribution in [0.2, 0.25) is 0 Å². The van der Waals surface area contributed by atoms with Crippen molar-refractivity contribution in [1.29, 1.82) is 0 Å². The van der Waals surface area contributed by atoms with E-state index in [2.05, 4.69) is 36.6 Å². The largest absolute Gasteiger partial charge is 0.459 e. The molecule has 180 valence electrons. The van der Waals surface area contributed by atoms with Crippen molar-refractivity contribution in [2.24, 2.45) is 0 Å². The minimum Gasteiger partial charge on any atom is -0.459 e. The third-order valence-electron chi connectivity index (χ3n) is 5.69. The van der Waals surface area contributed by atoms with Crippen LogP contribution in [-0.4, -0.2) is 18.1 Å². The fourth-order valence-corrected chi connectivity index (χ4v) is 3.93. The SMILES string of the molecule is CC(C)OC(=O)C1=C(c2ccccc2)NC(=O)NC1c1ccc(Oc2ccc(C(C)C)cc2)cc1. The summed E-state index contributed by atoms with van der Waals surface area (Å²) in [4.78, 5) is 25.7. The number of urea groups is 1. The van der Waals surface area contributed by atoms with Crippen LogP contribution in [0, 0.1) is 0 Å². The molecule has 0 bridgehead atoms. The van der Waals surface area contributed by atoms with Crippen molar-refractivity contribution >= 4 is 17.7 Å². The topological polar surface area (TPSA) is 76.7 Å². The van der Waals surface area contributed by atoms with Gasteiger partial charge in [-0.2, -0.15) is 0 Å². The number of hydrogen-bond acceptors (Lipinski definition) is 4. The molecule has 6 heteroatoms. The van der Waals surface area contributed by atoms with Gasteiger partial charge < -0.3 is 20.1 Å². The molecule has 0 aliphatic carbocycles. The number of hydrogen-bond donors (Lipinski definition) is 2. The third-order valence-corrected chi connectivity index (χ3v) is 5.69. The van der Waals surface area contributed by atoms with E-state index in [4.69, 9.17) is 9.47 Å². The van der Waals surface area contributed by atoms with Crippen LogP contribution < -0.4 is 15.4 Å². The number of carbonyl (C=O) groups excluding carboxylic acids is 2. The summed E-state index contributed by atoms with van der Waals surface area (Å²) in [5, 5.41) is 5.67. The van der Waals surface area contributed by atoms with E-state index in [-0.39, 0.29) is 12.1 Å². The molecule has 3 aromatic rings. The van der Waals surface area contributed by atoms with E-state index in [0.29, 0.717) is 22.9 Å². The molecule has 0 aromatic heterocycles. The number of carbonyl (C=O) groups is 2. The number of ether oxygens (including phenoxy) is 2. The highest BCUT2D eigenvalue weighted by Crippen LogP contribution is 2.33. The lowest BCUT2D eigenvalue weighted by atomic mass is 9.92. The van der Waals surface area contributed by atoms with E-state index in [1.54, 1.807) is 13.8 Å². The van der Waals surface area contributed by atoms with Crippen LogP contribution >= 0.6 is 0 Å². The summed E-state index contributed by atoms with van der Waals surface area (Å²) in [6.07, 6.45) is -0.303. The first-order chi connectivity index (χ1) is 16.8. The van der Waals surface area contributed by atoms with Crippen molar-refractivity contribution in [2.75, 3.05) is 0 Å². The molecule has 3 aromatic carbocycles. The molecule has 35 heavy (non-hydrogen) atoms. The Morgan fingerprint density at radius 3 is 2.00 bits per heavy atom. The van der Waals surface area contributed by atoms with Gasteiger partial charge in [-0.15, -0.1) is 0 Å². The van der Waals surface area contributed by atoms with E-state index in [0.717, 1.165) is 16.9 Å². The smallest absolute Gasteiger partial charge is 0.338 e. The first kappa shape index (κ1) is 24.1. The van der Waals surface area contributed by atoms with Gasteiger partial charge in [-0.05, 0) is 60.7 Å². The van der Waals surface area contributed by atoms with Crippen LogP contribution in [0.5, 0.6) is 11.5 Å². The zero-order valence-electron chi connectivity index (χ0n) is 20.4. The Labute approximate surface area is 206 Å². The molecule has 1 atom stereocenters. The number of benzene rings is 3. The van der Waals surface area contributed by atoms with Crippen molar-refractivity contribution in [2.45, 2.75) is 45.8 Å². The Balaban J connectivity index is 1.65. The summed E-state index contributed by atoms with van der Waals surface area (Å²) in [6.45, 7) is 7.89. The van der Waals surface area contributed by atoms with Crippen LogP contribution in [-0.2, 0) is 9.53 Å². The standard InChI is InChI=1S/C29H30N2O4/c1-18(2)20-10-14-23(15-11-20)35-24-16-12-22(13-17-24)27-25(28(32)34-19(3)4)26(30-29(33)31-27)21-8-6-5-7-9-21/h5-19,27H,1-4H3,(H2,30,31,33). The Kier molecular flexibility index (Phi) is 7.20. The molecule has 0 saturated carbocycles. The van der Waals surface area contributed by atoms with Crippen LogP contribution in [0.4, 0.5) is 4.79 Å². The quantitative estimate of drug-likeness (QED) is 0.396. The normalized spacial score (nSPS) is 15.6. The van der Waals surface area contributed by atoms with E-state index in [1.807, 2.05) is 66.7 Å². The van der Waals surface area contributed by atoms with Gasteiger partial charge in [0.2, 0.25) is 0 Å². The number of amides is 2. The fraction of sp³-hybridized carbons (Fsp3) is 0.241. The molecule has 0 fully saturated rings. The van der Waals surface area contributed by atoms with E-state index in [9.17, 15) is 9.59 Å². The predicted octanol–water partition coefficient (Wildman–Crippen LogP) is 6.32. The lowest BCUT2D eigenvalue weighted by molar-refractivity contribution is -0.143. The Bertz CT molecular complexity index is 1210. The maximum atomic E-state index is 13.2. The molecular weight excluding hydrogens is 440 g/mol. The highest BCUT2D eigenvalue weighted by molar-refractivity contribution is 6.04. The Morgan fingerprint density at radius 2 is 1.43 bits per heavy atom. The van der Waals surface area contributed by atoms with E-state index in [1.165, 1.54) is 5.56 Å². The van der Waals surface area contributed by atoms with E-state index < -0.39 is 12.0 Å². The number of rotatable bonds is 7. The van der Waals surface area contributed by atoms with Gasteiger partial charge in [-0.1, -0.05) is 68.4 Å². The Morgan fingerprint density at radius 1 is 0.829 bits per heavy atom. The van der Waals surface area contributed by atoms with Gasteiger partial charge in [0, 0.05) is 0 Å². The van der Waals surface area contributed by atoms with Gasteiger partial charge in [0.15, 0.2) is 0 Å². The van der Waals surface area contributed by atoms with Gasteiger partial charge in [0.25, 0.3) is 0 Å². The van der Waals surface area contributed by atoms with Crippen LogP contribution in [0.3, 0.4) is 0 Å². The van der Waals surface area contributed by atoms with Gasteiger partial charge in [0.1, 0.15) is 11.5 Å². The summed E-state index contributed by atoms with van der Waals surface area (Å²) in [5.41, 5.74) is 3.51. The number of esters is 1. The summed E-state index contributed by atoms with van der Waals surface area (Å²) in [7, 11) is 0. The predicted molar refractivity (Wildman–Crippen MR) is 136 cm³/mol. The van der Waals surface area contributed by atoms with Gasteiger partial charge >= 0.3 is 12.0 Å². The van der Waals surface area contributed by atoms with Crippen molar-refractivity contribution in [1.82, 2.24) is 10.6 Å². The fourth-order valence-electron chi connectivity index (χ4n) is 3.93. The molecule has 4 rings (SSSR count). The minimum absolute atomic E-state index is 0.303. The zero-order chi connectivity index (χ0) is 24.9. The maximum absolute atomic E-state index is 13.2. The van der Waals surface area contributed by atoms with Crippen molar-refractivity contribution in [3.8, 4) is 11.5 Å². The molecule has 6 nitrogen and oxygen atoms in total. The summed E-state index contributed by atoms with van der Waals surface area (Å²) >= 11 is 0. The molecule has 1 heterocycles. The van der Waals surface area contributed by atoms with Crippen molar-refractivity contribution in [3.63, 3.8) is 0 Å². The molecule has 1 unspecified atom stereocenters. The highest BCUT2D eigenvalue weighted by Gasteiger charge is 2.34. The molecule has 0 saturated heterocycles. The maximum Gasteiger partial charge on any atom is 0.338 e. The lowest BCUT2D eigenvalue weighted by Crippen LogP contribution is -2.45.